The molecule has 4 aromatic carbocycles. The Morgan fingerprint density at radius 2 is 1.49 bits per heavy atom. The van der Waals surface area contributed by atoms with Gasteiger partial charge in [0.15, 0.2) is 0 Å². The minimum absolute atomic E-state index is 0.0289. The van der Waals surface area contributed by atoms with Gasteiger partial charge in [-0.3, -0.25) is 9.52 Å². The van der Waals surface area contributed by atoms with Crippen molar-refractivity contribution in [3.05, 3.63) is 106 Å². The first-order valence-corrected chi connectivity index (χ1v) is 13.8. The molecule has 2 N–H and O–H groups in total. The number of sulfonamides is 1. The lowest BCUT2D eigenvalue weighted by Gasteiger charge is -2.14. The van der Waals surface area contributed by atoms with Crippen LogP contribution in [-0.4, -0.2) is 28.5 Å². The Balaban J connectivity index is 1.50. The van der Waals surface area contributed by atoms with E-state index in [1.54, 1.807) is 42.5 Å². The van der Waals surface area contributed by atoms with Crippen LogP contribution in [0.2, 0.25) is 10.0 Å². The molecule has 0 heterocycles. The summed E-state index contributed by atoms with van der Waals surface area (Å²) in [6, 6.07) is 22.3. The van der Waals surface area contributed by atoms with Crippen LogP contribution in [0.1, 0.15) is 15.9 Å². The van der Waals surface area contributed by atoms with E-state index in [4.69, 9.17) is 37.4 Å². The lowest BCUT2D eigenvalue weighted by Crippen LogP contribution is -2.25. The molecule has 0 atom stereocenters. The predicted octanol–water partition coefficient (Wildman–Crippen LogP) is 6.53. The zero-order chi connectivity index (χ0) is 28.0. The maximum Gasteiger partial charge on any atom is 0.261 e. The first-order valence-electron chi connectivity index (χ1n) is 11.5. The molecule has 0 aliphatic rings. The average molecular weight is 587 g/mol. The van der Waals surface area contributed by atoms with Gasteiger partial charge in [-0.15, -0.1) is 0 Å². The molecular formula is C28H24Cl2N2O6S. The highest BCUT2D eigenvalue weighted by atomic mass is 35.5. The molecule has 4 rings (SSSR count). The molecule has 8 nitrogen and oxygen atoms in total. The molecule has 1 amide bonds. The lowest BCUT2D eigenvalue weighted by molar-refractivity contribution is 0.0951. The number of carbonyl (C=O) groups excluding carboxylic acids is 1. The third-order valence-electron chi connectivity index (χ3n) is 5.53. The number of benzene rings is 4. The molecule has 0 saturated heterocycles. The topological polar surface area (TPSA) is 103 Å². The van der Waals surface area contributed by atoms with Gasteiger partial charge in [-0.1, -0.05) is 35.3 Å². The first kappa shape index (κ1) is 28.1. The molecule has 0 spiro atoms. The normalized spacial score (nSPS) is 11.0. The van der Waals surface area contributed by atoms with Crippen molar-refractivity contribution in [2.75, 3.05) is 18.9 Å². The summed E-state index contributed by atoms with van der Waals surface area (Å²) in [6.07, 6.45) is 0. The number of hydrogen-bond acceptors (Lipinski definition) is 6. The molecule has 0 fully saturated rings. The Morgan fingerprint density at radius 3 is 2.13 bits per heavy atom. The summed E-state index contributed by atoms with van der Waals surface area (Å²) in [7, 11) is -0.995. The summed E-state index contributed by atoms with van der Waals surface area (Å²) in [5, 5.41) is 3.47. The van der Waals surface area contributed by atoms with E-state index in [0.717, 1.165) is 5.56 Å². The Labute approximate surface area is 236 Å². The Hall–Kier alpha value is -3.92. The molecule has 0 bridgehead atoms. The summed E-state index contributed by atoms with van der Waals surface area (Å²) >= 11 is 12.2. The second-order valence-electron chi connectivity index (χ2n) is 8.20. The van der Waals surface area contributed by atoms with Crippen LogP contribution in [0.3, 0.4) is 0 Å². The molecule has 0 aromatic heterocycles. The van der Waals surface area contributed by atoms with Crippen molar-refractivity contribution in [1.82, 2.24) is 5.32 Å². The minimum atomic E-state index is -4.05. The van der Waals surface area contributed by atoms with Crippen LogP contribution in [0.4, 0.5) is 5.69 Å². The summed E-state index contributed by atoms with van der Waals surface area (Å²) in [4.78, 5) is 13.0. The van der Waals surface area contributed by atoms with E-state index < -0.39 is 15.9 Å². The SMILES string of the molecule is COc1cc(CNC(=O)c2cc(Cl)ccc2NS(=O)(=O)c2ccc(Oc3ccccc3Cl)cc2)cc(OC)c1. The summed E-state index contributed by atoms with van der Waals surface area (Å²) in [6.45, 7) is 0.137. The van der Waals surface area contributed by atoms with E-state index in [1.807, 2.05) is 0 Å². The lowest BCUT2D eigenvalue weighted by atomic mass is 10.1. The van der Waals surface area contributed by atoms with Crippen molar-refractivity contribution in [3.8, 4) is 23.0 Å². The number of carbonyl (C=O) groups is 1. The van der Waals surface area contributed by atoms with Gasteiger partial charge in [0, 0.05) is 17.6 Å². The number of para-hydroxylation sites is 1. The number of methoxy groups -OCH3 is 2. The van der Waals surface area contributed by atoms with Crippen molar-refractivity contribution in [2.24, 2.45) is 0 Å². The number of hydrogen-bond donors (Lipinski definition) is 2. The fourth-order valence-electron chi connectivity index (χ4n) is 3.58. The standard InChI is InChI=1S/C28H24Cl2N2O6S/c1-36-21-13-18(14-22(16-21)37-2)17-31-28(33)24-15-19(29)7-12-26(24)32-39(34,35)23-10-8-20(9-11-23)38-27-6-4-3-5-25(27)30/h3-16,32H,17H2,1-2H3,(H,31,33). The fourth-order valence-corrected chi connectivity index (χ4v) is 5.01. The van der Waals surface area contributed by atoms with Crippen molar-refractivity contribution in [1.29, 1.82) is 0 Å². The predicted molar refractivity (Wildman–Crippen MR) is 151 cm³/mol. The summed E-state index contributed by atoms with van der Waals surface area (Å²) in [5.74, 6) is 1.46. The zero-order valence-corrected chi connectivity index (χ0v) is 23.2. The van der Waals surface area contributed by atoms with Gasteiger partial charge >= 0.3 is 0 Å². The molecule has 11 heteroatoms. The number of ether oxygens (including phenoxy) is 3. The molecule has 4 aromatic rings. The molecular weight excluding hydrogens is 563 g/mol. The average Bonchev–Trinajstić information content (AvgIpc) is 2.94. The third-order valence-corrected chi connectivity index (χ3v) is 7.46. The van der Waals surface area contributed by atoms with Crippen molar-refractivity contribution in [3.63, 3.8) is 0 Å². The fraction of sp³-hybridized carbons (Fsp3) is 0.107. The van der Waals surface area contributed by atoms with Crippen molar-refractivity contribution in [2.45, 2.75) is 11.4 Å². The number of halogens is 2. The van der Waals surface area contributed by atoms with E-state index in [2.05, 4.69) is 10.0 Å². The maximum absolute atomic E-state index is 13.1. The van der Waals surface area contributed by atoms with Crippen LogP contribution in [0, 0.1) is 0 Å². The van der Waals surface area contributed by atoms with Crippen LogP contribution in [-0.2, 0) is 16.6 Å². The van der Waals surface area contributed by atoms with E-state index in [1.165, 1.54) is 56.7 Å². The van der Waals surface area contributed by atoms with E-state index in [-0.39, 0.29) is 27.7 Å². The molecule has 0 aliphatic carbocycles. The Morgan fingerprint density at radius 1 is 0.821 bits per heavy atom. The van der Waals surface area contributed by atoms with Crippen molar-refractivity contribution < 1.29 is 27.4 Å². The molecule has 0 radical (unpaired) electrons. The summed E-state index contributed by atoms with van der Waals surface area (Å²) < 4.78 is 45.0. The van der Waals surface area contributed by atoms with Gasteiger partial charge < -0.3 is 19.5 Å². The van der Waals surface area contributed by atoms with Crippen LogP contribution in [0.15, 0.2) is 89.8 Å². The Kier molecular flexibility index (Phi) is 8.86. The van der Waals surface area contributed by atoms with Gasteiger partial charge in [-0.25, -0.2) is 8.42 Å². The smallest absolute Gasteiger partial charge is 0.261 e. The highest BCUT2D eigenvalue weighted by Gasteiger charge is 2.20. The van der Waals surface area contributed by atoms with Gasteiger partial charge in [-0.05, 0) is 72.3 Å². The second-order valence-corrected chi connectivity index (χ2v) is 10.7. The van der Waals surface area contributed by atoms with Gasteiger partial charge in [0.1, 0.15) is 23.0 Å². The number of rotatable bonds is 10. The van der Waals surface area contributed by atoms with Gasteiger partial charge in [-0.2, -0.15) is 0 Å². The highest BCUT2D eigenvalue weighted by molar-refractivity contribution is 7.92. The first-order chi connectivity index (χ1) is 18.7. The third kappa shape index (κ3) is 7.14. The Bertz CT molecular complexity index is 1570. The molecule has 0 saturated carbocycles. The van der Waals surface area contributed by atoms with Gasteiger partial charge in [0.2, 0.25) is 0 Å². The van der Waals surface area contributed by atoms with E-state index in [0.29, 0.717) is 28.0 Å². The van der Waals surface area contributed by atoms with Gasteiger partial charge in [0.05, 0.1) is 35.4 Å². The highest BCUT2D eigenvalue weighted by Crippen LogP contribution is 2.30. The summed E-state index contributed by atoms with van der Waals surface area (Å²) in [5.41, 5.74) is 0.846. The van der Waals surface area contributed by atoms with Crippen LogP contribution >= 0.6 is 23.2 Å². The van der Waals surface area contributed by atoms with E-state index in [9.17, 15) is 13.2 Å². The second kappa shape index (κ2) is 12.3. The van der Waals surface area contributed by atoms with Crippen LogP contribution in [0.5, 0.6) is 23.0 Å². The zero-order valence-electron chi connectivity index (χ0n) is 20.9. The molecule has 0 aliphatic heterocycles. The maximum atomic E-state index is 13.1. The van der Waals surface area contributed by atoms with Gasteiger partial charge in [0.25, 0.3) is 15.9 Å². The monoisotopic (exact) mass is 586 g/mol. The van der Waals surface area contributed by atoms with Crippen molar-refractivity contribution >= 4 is 44.8 Å². The van der Waals surface area contributed by atoms with Crippen LogP contribution in [0.25, 0.3) is 0 Å². The number of anilines is 1. The quantitative estimate of drug-likeness (QED) is 0.219. The number of amides is 1. The van der Waals surface area contributed by atoms with E-state index >= 15 is 0 Å². The minimum Gasteiger partial charge on any atom is -0.497 e. The largest absolute Gasteiger partial charge is 0.497 e. The van der Waals surface area contributed by atoms with Crippen LogP contribution < -0.4 is 24.2 Å². The molecule has 202 valence electrons. The number of nitrogens with one attached hydrogen (secondary N) is 2. The molecule has 0 unspecified atom stereocenters. The molecule has 39 heavy (non-hydrogen) atoms.